The fraction of sp³-hybridized carbons (Fsp3) is 0.440. The minimum absolute atomic E-state index is 0.0255. The zero-order valence-electron chi connectivity index (χ0n) is 37.9. The largest absolute Gasteiger partial charge is 0.456 e. The van der Waals surface area contributed by atoms with Crippen molar-refractivity contribution in [2.45, 2.75) is 126 Å². The summed E-state index contributed by atoms with van der Waals surface area (Å²) in [5.41, 5.74) is 1.67. The zero-order valence-corrected chi connectivity index (χ0v) is 37.9. The SMILES string of the molecule is CC(=O)O[C@H]1[C@H](OCc2ccccc2)[C@H](OC[C@H]2O[C@@H](O[C@H]3[C@H](OC(=O)c4ccccc4)[C@@H](OC(=O)c4ccccc4)[C@H](OCc4ccccc4)O[C@@H]3CO)[C@H](O)[C@@H](O)[C@H]2O)O[C@@H](C)[C@H]1OC(C)=O. The lowest BCUT2D eigenvalue weighted by molar-refractivity contribution is -0.365. The van der Waals surface area contributed by atoms with Gasteiger partial charge in [0.1, 0.15) is 42.7 Å². The Hall–Kier alpha value is -5.68. The quantitative estimate of drug-likeness (QED) is 0.0827. The van der Waals surface area contributed by atoms with Crippen molar-refractivity contribution >= 4 is 23.9 Å². The average molecular weight is 961 g/mol. The number of ether oxygens (including phenoxy) is 11. The van der Waals surface area contributed by atoms with Gasteiger partial charge < -0.3 is 72.5 Å². The fourth-order valence-corrected chi connectivity index (χ4v) is 8.11. The van der Waals surface area contributed by atoms with Crippen molar-refractivity contribution in [3.8, 4) is 0 Å². The molecule has 19 nitrogen and oxygen atoms in total. The van der Waals surface area contributed by atoms with E-state index in [2.05, 4.69) is 0 Å². The maximum absolute atomic E-state index is 13.9. The Kier molecular flexibility index (Phi) is 18.0. The third kappa shape index (κ3) is 13.1. The first-order valence-electron chi connectivity index (χ1n) is 22.4. The van der Waals surface area contributed by atoms with E-state index in [-0.39, 0.29) is 24.3 Å². The third-order valence-electron chi connectivity index (χ3n) is 11.5. The summed E-state index contributed by atoms with van der Waals surface area (Å²) in [7, 11) is 0. The highest BCUT2D eigenvalue weighted by molar-refractivity contribution is 5.90. The summed E-state index contributed by atoms with van der Waals surface area (Å²) in [6.45, 7) is 2.45. The number of rotatable bonds is 18. The van der Waals surface area contributed by atoms with Crippen LogP contribution in [0.3, 0.4) is 0 Å². The predicted molar refractivity (Wildman–Crippen MR) is 236 cm³/mol. The topological polar surface area (TPSA) is 251 Å². The first kappa shape index (κ1) is 51.2. The van der Waals surface area contributed by atoms with E-state index in [1.54, 1.807) is 91.9 Å². The molecule has 3 heterocycles. The van der Waals surface area contributed by atoms with Crippen LogP contribution in [0.1, 0.15) is 52.6 Å². The van der Waals surface area contributed by atoms with Gasteiger partial charge in [0.05, 0.1) is 43.7 Å². The fourth-order valence-electron chi connectivity index (χ4n) is 8.11. The van der Waals surface area contributed by atoms with Crippen LogP contribution in [0.25, 0.3) is 0 Å². The number of carbonyl (C=O) groups is 4. The molecular weight excluding hydrogens is 905 g/mol. The van der Waals surface area contributed by atoms with Gasteiger partial charge in [-0.2, -0.15) is 0 Å². The van der Waals surface area contributed by atoms with E-state index in [9.17, 15) is 39.6 Å². The molecule has 7 rings (SSSR count). The Balaban J connectivity index is 1.17. The third-order valence-corrected chi connectivity index (χ3v) is 11.5. The summed E-state index contributed by atoms with van der Waals surface area (Å²) in [5, 5.41) is 44.9. The molecular formula is C50H56O19. The van der Waals surface area contributed by atoms with E-state index >= 15 is 0 Å². The summed E-state index contributed by atoms with van der Waals surface area (Å²) >= 11 is 0. The molecule has 0 aliphatic carbocycles. The van der Waals surface area contributed by atoms with Crippen LogP contribution in [-0.2, 0) is 74.9 Å². The smallest absolute Gasteiger partial charge is 0.338 e. The second kappa shape index (κ2) is 24.2. The molecule has 19 heteroatoms. The Morgan fingerprint density at radius 1 is 0.478 bits per heavy atom. The number of carbonyl (C=O) groups excluding carboxylic acids is 4. The Labute approximate surface area is 397 Å². The number of aliphatic hydroxyl groups excluding tert-OH is 4. The van der Waals surface area contributed by atoms with E-state index in [0.29, 0.717) is 5.56 Å². The molecule has 0 aromatic heterocycles. The highest BCUT2D eigenvalue weighted by Gasteiger charge is 2.56. The minimum Gasteiger partial charge on any atom is -0.456 e. The average Bonchev–Trinajstić information content (AvgIpc) is 3.35. The van der Waals surface area contributed by atoms with Gasteiger partial charge >= 0.3 is 23.9 Å². The second-order valence-corrected chi connectivity index (χ2v) is 16.6. The van der Waals surface area contributed by atoms with Crippen molar-refractivity contribution in [2.75, 3.05) is 13.2 Å². The van der Waals surface area contributed by atoms with Crippen molar-refractivity contribution in [3.05, 3.63) is 144 Å². The molecule has 0 bridgehead atoms. The van der Waals surface area contributed by atoms with Crippen LogP contribution in [-0.4, -0.2) is 150 Å². The van der Waals surface area contributed by atoms with Crippen molar-refractivity contribution in [1.29, 1.82) is 0 Å². The van der Waals surface area contributed by atoms with Gasteiger partial charge in [0.2, 0.25) is 0 Å². The van der Waals surface area contributed by atoms with Gasteiger partial charge in [-0.05, 0) is 42.3 Å². The first-order valence-corrected chi connectivity index (χ1v) is 22.4. The summed E-state index contributed by atoms with van der Waals surface area (Å²) in [6.07, 6.45) is -22.8. The molecule has 370 valence electrons. The first-order chi connectivity index (χ1) is 33.3. The standard InChI is InChI=1S/C50H56O19/c1-28-40(63-29(2)52)42(64-30(3)53)44(59-25-31-16-8-4-9-17-31)49(62-28)61-27-36-37(54)38(55)39(56)48(66-36)69-41-35(24-51)65-50(60-26-32-18-10-5-11-19-32)45(68-47(58)34-22-14-7-15-23-34)43(41)67-46(57)33-20-12-6-13-21-33/h4-23,28,35-45,48-51,54-56H,24-27H2,1-3H3/t28-,35+,36+,37-,38-,39+,40+,41+,42+,43-,44-,45+,48-,49+,50+/m0/s1. The number of esters is 4. The van der Waals surface area contributed by atoms with E-state index in [4.69, 9.17) is 52.1 Å². The molecule has 15 atom stereocenters. The summed E-state index contributed by atoms with van der Waals surface area (Å²) in [6, 6.07) is 33.8. The van der Waals surface area contributed by atoms with Gasteiger partial charge in [-0.3, -0.25) is 9.59 Å². The maximum Gasteiger partial charge on any atom is 0.338 e. The molecule has 0 amide bonds. The lowest BCUT2D eigenvalue weighted by Gasteiger charge is -2.48. The molecule has 0 saturated carbocycles. The van der Waals surface area contributed by atoms with E-state index < -0.39 is 129 Å². The Morgan fingerprint density at radius 3 is 1.48 bits per heavy atom. The van der Waals surface area contributed by atoms with Crippen molar-refractivity contribution in [3.63, 3.8) is 0 Å². The second-order valence-electron chi connectivity index (χ2n) is 16.6. The highest BCUT2D eigenvalue weighted by Crippen LogP contribution is 2.35. The van der Waals surface area contributed by atoms with Crippen LogP contribution in [0.4, 0.5) is 0 Å². The number of aliphatic hydroxyl groups is 4. The Morgan fingerprint density at radius 2 is 0.942 bits per heavy atom. The molecule has 69 heavy (non-hydrogen) atoms. The van der Waals surface area contributed by atoms with Crippen molar-refractivity contribution in [2.24, 2.45) is 0 Å². The molecule has 0 unspecified atom stereocenters. The van der Waals surface area contributed by atoms with Gasteiger partial charge in [-0.25, -0.2) is 9.59 Å². The van der Waals surface area contributed by atoms with Crippen LogP contribution in [0.2, 0.25) is 0 Å². The summed E-state index contributed by atoms with van der Waals surface area (Å²) in [4.78, 5) is 52.3. The van der Waals surface area contributed by atoms with E-state index in [1.807, 2.05) is 12.1 Å². The molecule has 4 aromatic carbocycles. The van der Waals surface area contributed by atoms with Crippen molar-refractivity contribution in [1.82, 2.24) is 0 Å². The number of benzene rings is 4. The van der Waals surface area contributed by atoms with Crippen LogP contribution in [0.5, 0.6) is 0 Å². The van der Waals surface area contributed by atoms with Gasteiger partial charge in [0.15, 0.2) is 43.3 Å². The lowest BCUT2D eigenvalue weighted by Crippen LogP contribution is -2.66. The van der Waals surface area contributed by atoms with Gasteiger partial charge in [0.25, 0.3) is 0 Å². The highest BCUT2D eigenvalue weighted by atomic mass is 16.8. The van der Waals surface area contributed by atoms with E-state index in [0.717, 1.165) is 5.56 Å². The molecule has 0 spiro atoms. The molecule has 3 aliphatic rings. The maximum atomic E-state index is 13.9. The molecule has 0 radical (unpaired) electrons. The molecule has 3 fully saturated rings. The lowest BCUT2D eigenvalue weighted by atomic mass is 9.96. The van der Waals surface area contributed by atoms with E-state index in [1.165, 1.54) is 38.1 Å². The van der Waals surface area contributed by atoms with Crippen molar-refractivity contribution < 1.29 is 91.7 Å². The number of hydrogen-bond acceptors (Lipinski definition) is 19. The summed E-state index contributed by atoms with van der Waals surface area (Å²) < 4.78 is 66.7. The summed E-state index contributed by atoms with van der Waals surface area (Å²) in [5.74, 6) is -3.14. The zero-order chi connectivity index (χ0) is 49.0. The Bertz CT molecular complexity index is 2250. The minimum atomic E-state index is -1.98. The molecule has 3 aliphatic heterocycles. The van der Waals surface area contributed by atoms with Crippen LogP contribution in [0.15, 0.2) is 121 Å². The monoisotopic (exact) mass is 960 g/mol. The predicted octanol–water partition coefficient (Wildman–Crippen LogP) is 2.77. The molecule has 3 saturated heterocycles. The molecule has 4 aromatic rings. The van der Waals surface area contributed by atoms with Gasteiger partial charge in [-0.1, -0.05) is 97.1 Å². The van der Waals surface area contributed by atoms with Crippen LogP contribution in [0, 0.1) is 0 Å². The number of hydrogen-bond donors (Lipinski definition) is 4. The van der Waals surface area contributed by atoms with Crippen LogP contribution < -0.4 is 0 Å². The van der Waals surface area contributed by atoms with Crippen LogP contribution >= 0.6 is 0 Å². The van der Waals surface area contributed by atoms with Gasteiger partial charge in [0, 0.05) is 13.8 Å². The molecule has 4 N–H and O–H groups in total. The van der Waals surface area contributed by atoms with Gasteiger partial charge in [-0.15, -0.1) is 0 Å². The normalized spacial score (nSPS) is 31.2.